The van der Waals surface area contributed by atoms with Gasteiger partial charge in [0.15, 0.2) is 0 Å². The second-order valence-electron chi connectivity index (χ2n) is 4.29. The van der Waals surface area contributed by atoms with Crippen molar-refractivity contribution in [1.82, 2.24) is 10.3 Å². The lowest BCUT2D eigenvalue weighted by Gasteiger charge is -2.06. The predicted octanol–water partition coefficient (Wildman–Crippen LogP) is 2.60. The van der Waals surface area contributed by atoms with Gasteiger partial charge in [0, 0.05) is 10.9 Å². The molecule has 0 spiro atoms. The van der Waals surface area contributed by atoms with Crippen molar-refractivity contribution in [2.75, 3.05) is 0 Å². The summed E-state index contributed by atoms with van der Waals surface area (Å²) in [5.41, 5.74) is 1.63. The molecule has 0 aliphatic carbocycles. The van der Waals surface area contributed by atoms with Crippen LogP contribution in [0.15, 0.2) is 23.7 Å². The summed E-state index contributed by atoms with van der Waals surface area (Å²) in [6, 6.07) is 3.23. The van der Waals surface area contributed by atoms with Crippen LogP contribution in [0.4, 0.5) is 5.69 Å². The highest BCUT2D eigenvalue weighted by Gasteiger charge is 2.16. The molecule has 6 nitrogen and oxygen atoms in total. The topological polar surface area (TPSA) is 85.1 Å². The van der Waals surface area contributed by atoms with E-state index in [1.165, 1.54) is 6.07 Å². The first-order valence-electron chi connectivity index (χ1n) is 5.91. The first-order valence-corrected chi connectivity index (χ1v) is 6.79. The van der Waals surface area contributed by atoms with Crippen molar-refractivity contribution < 1.29 is 9.72 Å². The second-order valence-corrected chi connectivity index (χ2v) is 5.29. The molecule has 104 valence electrons. The average Bonchev–Trinajstić information content (AvgIpc) is 2.81. The summed E-state index contributed by atoms with van der Waals surface area (Å²) in [6.07, 6.45) is 1.15. The van der Waals surface area contributed by atoms with Gasteiger partial charge in [-0.2, -0.15) is 0 Å². The Balaban J connectivity index is 2.15. The minimum atomic E-state index is -0.563. The molecular formula is C13H13N3O3S. The Morgan fingerprint density at radius 3 is 2.85 bits per heavy atom. The van der Waals surface area contributed by atoms with Crippen LogP contribution < -0.4 is 5.32 Å². The second kappa shape index (κ2) is 5.79. The maximum Gasteiger partial charge on any atom is 0.288 e. The number of hydrogen-bond acceptors (Lipinski definition) is 5. The predicted molar refractivity (Wildman–Crippen MR) is 75.9 cm³/mol. The molecule has 0 aromatic carbocycles. The number of carbonyl (C=O) groups is 1. The van der Waals surface area contributed by atoms with Crippen LogP contribution >= 0.6 is 11.3 Å². The van der Waals surface area contributed by atoms with Crippen molar-refractivity contribution in [3.05, 3.63) is 55.5 Å². The number of aryl methyl sites for hydroxylation is 2. The van der Waals surface area contributed by atoms with Crippen molar-refractivity contribution in [3.63, 3.8) is 0 Å². The Kier molecular flexibility index (Phi) is 4.09. The lowest BCUT2D eigenvalue weighted by Crippen LogP contribution is -2.24. The van der Waals surface area contributed by atoms with E-state index in [0.29, 0.717) is 12.2 Å². The summed E-state index contributed by atoms with van der Waals surface area (Å²) >= 11 is 1.56. The van der Waals surface area contributed by atoms with Gasteiger partial charge in [-0.3, -0.25) is 19.9 Å². The van der Waals surface area contributed by atoms with E-state index in [0.717, 1.165) is 16.6 Å². The number of nitrogens with zero attached hydrogens (tertiary/aromatic N) is 2. The normalized spacial score (nSPS) is 10.3. The highest BCUT2D eigenvalue weighted by molar-refractivity contribution is 7.10. The van der Waals surface area contributed by atoms with Crippen molar-refractivity contribution in [3.8, 4) is 0 Å². The minimum absolute atomic E-state index is 0.187. The monoisotopic (exact) mass is 291 g/mol. The fourth-order valence-corrected chi connectivity index (χ4v) is 2.54. The molecule has 0 aliphatic rings. The molecular weight excluding hydrogens is 278 g/mol. The molecule has 1 N–H and O–H groups in total. The third kappa shape index (κ3) is 3.00. The largest absolute Gasteiger partial charge is 0.347 e. The number of pyridine rings is 1. The van der Waals surface area contributed by atoms with Gasteiger partial charge < -0.3 is 5.32 Å². The smallest absolute Gasteiger partial charge is 0.288 e. The maximum atomic E-state index is 12.1. The van der Waals surface area contributed by atoms with Gasteiger partial charge in [-0.25, -0.2) is 0 Å². The molecule has 0 saturated heterocycles. The summed E-state index contributed by atoms with van der Waals surface area (Å²) < 4.78 is 0. The van der Waals surface area contributed by atoms with Crippen LogP contribution in [-0.2, 0) is 6.54 Å². The lowest BCUT2D eigenvalue weighted by molar-refractivity contribution is -0.385. The fraction of sp³-hybridized carbons (Fsp3) is 0.231. The van der Waals surface area contributed by atoms with E-state index in [4.69, 9.17) is 0 Å². The van der Waals surface area contributed by atoms with E-state index in [1.54, 1.807) is 18.3 Å². The van der Waals surface area contributed by atoms with Crippen molar-refractivity contribution in [1.29, 1.82) is 0 Å². The van der Waals surface area contributed by atoms with E-state index in [9.17, 15) is 14.9 Å². The van der Waals surface area contributed by atoms with Gasteiger partial charge in [0.25, 0.3) is 11.6 Å². The van der Waals surface area contributed by atoms with E-state index in [2.05, 4.69) is 10.3 Å². The standard InChI is InChI=1S/C13H13N3O3S/c1-8-3-4-20-12(8)7-15-13(17)11-5-10(16(18)19)6-14-9(11)2/h3-6H,7H2,1-2H3,(H,15,17). The Bertz CT molecular complexity index is 667. The maximum absolute atomic E-state index is 12.1. The number of thiophene rings is 1. The van der Waals surface area contributed by atoms with Crippen LogP contribution in [0.25, 0.3) is 0 Å². The van der Waals surface area contributed by atoms with Crippen LogP contribution in [0.2, 0.25) is 0 Å². The van der Waals surface area contributed by atoms with E-state index < -0.39 is 4.92 Å². The Morgan fingerprint density at radius 1 is 1.50 bits per heavy atom. The minimum Gasteiger partial charge on any atom is -0.347 e. The summed E-state index contributed by atoms with van der Waals surface area (Å²) in [4.78, 5) is 27.2. The molecule has 7 heteroatoms. The quantitative estimate of drug-likeness (QED) is 0.693. The third-order valence-corrected chi connectivity index (χ3v) is 3.93. The number of hydrogen-bond donors (Lipinski definition) is 1. The van der Waals surface area contributed by atoms with Gasteiger partial charge >= 0.3 is 0 Å². The number of aromatic nitrogens is 1. The van der Waals surface area contributed by atoms with Gasteiger partial charge in [-0.15, -0.1) is 11.3 Å². The van der Waals surface area contributed by atoms with Crippen LogP contribution in [0.1, 0.15) is 26.5 Å². The molecule has 0 fully saturated rings. The van der Waals surface area contributed by atoms with Crippen molar-refractivity contribution in [2.24, 2.45) is 0 Å². The SMILES string of the molecule is Cc1ccsc1CNC(=O)c1cc([N+](=O)[O-])cnc1C. The Hall–Kier alpha value is -2.28. The van der Waals surface area contributed by atoms with Crippen LogP contribution in [-0.4, -0.2) is 15.8 Å². The van der Waals surface area contributed by atoms with Crippen molar-refractivity contribution >= 4 is 22.9 Å². The molecule has 2 aromatic heterocycles. The Morgan fingerprint density at radius 2 is 2.25 bits per heavy atom. The zero-order chi connectivity index (χ0) is 14.7. The number of carbonyl (C=O) groups excluding carboxylic acids is 1. The van der Waals surface area contributed by atoms with Crippen LogP contribution in [0.5, 0.6) is 0 Å². The highest BCUT2D eigenvalue weighted by Crippen LogP contribution is 2.17. The molecule has 0 unspecified atom stereocenters. The van der Waals surface area contributed by atoms with Crippen LogP contribution in [0, 0.1) is 24.0 Å². The fourth-order valence-electron chi connectivity index (χ4n) is 1.69. The van der Waals surface area contributed by atoms with E-state index in [-0.39, 0.29) is 17.2 Å². The van der Waals surface area contributed by atoms with Gasteiger partial charge in [0.05, 0.1) is 22.7 Å². The molecule has 0 atom stereocenters. The molecule has 20 heavy (non-hydrogen) atoms. The summed E-state index contributed by atoms with van der Waals surface area (Å²) in [5.74, 6) is -0.355. The number of nitrogens with one attached hydrogen (secondary N) is 1. The first kappa shape index (κ1) is 14.1. The molecule has 0 radical (unpaired) electrons. The number of rotatable bonds is 4. The molecule has 2 rings (SSSR count). The molecule has 0 saturated carbocycles. The summed E-state index contributed by atoms with van der Waals surface area (Å²) in [6.45, 7) is 4.03. The highest BCUT2D eigenvalue weighted by atomic mass is 32.1. The zero-order valence-corrected chi connectivity index (χ0v) is 11.9. The molecule has 2 aromatic rings. The Labute approximate surface area is 119 Å². The molecule has 1 amide bonds. The van der Waals surface area contributed by atoms with Gasteiger partial charge in [-0.05, 0) is 30.9 Å². The summed E-state index contributed by atoms with van der Waals surface area (Å²) in [5, 5.41) is 15.4. The van der Waals surface area contributed by atoms with E-state index in [1.807, 2.05) is 18.4 Å². The first-order chi connectivity index (χ1) is 9.49. The van der Waals surface area contributed by atoms with E-state index >= 15 is 0 Å². The molecule has 0 aliphatic heterocycles. The average molecular weight is 291 g/mol. The van der Waals surface area contributed by atoms with Gasteiger partial charge in [-0.1, -0.05) is 0 Å². The van der Waals surface area contributed by atoms with Crippen molar-refractivity contribution in [2.45, 2.75) is 20.4 Å². The zero-order valence-electron chi connectivity index (χ0n) is 11.0. The lowest BCUT2D eigenvalue weighted by atomic mass is 10.2. The van der Waals surface area contributed by atoms with Gasteiger partial charge in [0.2, 0.25) is 0 Å². The number of nitro groups is 1. The summed E-state index contributed by atoms with van der Waals surface area (Å²) in [7, 11) is 0. The number of amides is 1. The third-order valence-electron chi connectivity index (χ3n) is 2.91. The molecule has 2 heterocycles. The van der Waals surface area contributed by atoms with Gasteiger partial charge in [0.1, 0.15) is 6.20 Å². The van der Waals surface area contributed by atoms with Crippen LogP contribution in [0.3, 0.4) is 0 Å². The molecule has 0 bridgehead atoms.